The van der Waals surface area contributed by atoms with Gasteiger partial charge in [0.25, 0.3) is 5.91 Å². The lowest BCUT2D eigenvalue weighted by Crippen LogP contribution is -2.34. The molecule has 0 aliphatic carbocycles. The van der Waals surface area contributed by atoms with Crippen molar-refractivity contribution < 1.29 is 28.6 Å². The summed E-state index contributed by atoms with van der Waals surface area (Å²) in [5.41, 5.74) is 0.222. The van der Waals surface area contributed by atoms with Crippen molar-refractivity contribution in [1.82, 2.24) is 10.6 Å². The van der Waals surface area contributed by atoms with Crippen LogP contribution in [0, 0.1) is 11.6 Å². The topological polar surface area (TPSA) is 98.7 Å². The smallest absolute Gasteiger partial charge is 0.254 e. The first kappa shape index (κ1) is 18.9. The fourth-order valence-corrected chi connectivity index (χ4v) is 2.01. The Balaban J connectivity index is 1.76. The molecule has 0 unspecified atom stereocenters. The monoisotopic (exact) mass is 362 g/mol. The van der Waals surface area contributed by atoms with E-state index in [1.807, 2.05) is 0 Å². The van der Waals surface area contributed by atoms with Gasteiger partial charge in [0.05, 0.1) is 5.56 Å². The van der Waals surface area contributed by atoms with Crippen LogP contribution in [0.4, 0.5) is 8.78 Å². The van der Waals surface area contributed by atoms with Crippen molar-refractivity contribution in [3.8, 4) is 11.5 Å². The van der Waals surface area contributed by atoms with E-state index in [9.17, 15) is 28.6 Å². The molecule has 136 valence electrons. The van der Waals surface area contributed by atoms with Crippen LogP contribution in [-0.2, 0) is 4.79 Å². The molecule has 26 heavy (non-hydrogen) atoms. The van der Waals surface area contributed by atoms with Crippen molar-refractivity contribution in [2.75, 3.05) is 13.1 Å². The van der Waals surface area contributed by atoms with Gasteiger partial charge in [0.15, 0.2) is 11.5 Å². The highest BCUT2D eigenvalue weighted by Crippen LogP contribution is 2.25. The van der Waals surface area contributed by atoms with E-state index in [4.69, 9.17) is 0 Å². The lowest BCUT2D eigenvalue weighted by molar-refractivity contribution is -0.116. The third kappa shape index (κ3) is 5.30. The molecule has 4 N–H and O–H groups in total. The number of carbonyl (C=O) groups is 2. The molecule has 2 aromatic rings. The summed E-state index contributed by atoms with van der Waals surface area (Å²) in [5.74, 6) is -3.47. The van der Waals surface area contributed by atoms with Crippen molar-refractivity contribution in [2.24, 2.45) is 0 Å². The van der Waals surface area contributed by atoms with E-state index in [2.05, 4.69) is 10.6 Å². The Bertz CT molecular complexity index is 853. The van der Waals surface area contributed by atoms with Gasteiger partial charge in [-0.1, -0.05) is 6.07 Å². The zero-order valence-corrected chi connectivity index (χ0v) is 13.5. The predicted octanol–water partition coefficient (Wildman–Crippen LogP) is 1.94. The highest BCUT2D eigenvalue weighted by atomic mass is 19.1. The van der Waals surface area contributed by atoms with E-state index >= 15 is 0 Å². The Morgan fingerprint density at radius 2 is 1.69 bits per heavy atom. The molecule has 0 radical (unpaired) electrons. The number of nitrogens with one attached hydrogen (secondary N) is 2. The van der Waals surface area contributed by atoms with E-state index in [1.54, 1.807) is 0 Å². The fraction of sp³-hybridized carbons (Fsp3) is 0.111. The zero-order valence-electron chi connectivity index (χ0n) is 13.5. The largest absolute Gasteiger partial charge is 0.504 e. The Labute approximate surface area is 147 Å². The second-order valence-electron chi connectivity index (χ2n) is 5.25. The number of benzene rings is 2. The van der Waals surface area contributed by atoms with Crippen LogP contribution in [0.1, 0.15) is 15.9 Å². The van der Waals surface area contributed by atoms with Gasteiger partial charge in [0, 0.05) is 25.2 Å². The van der Waals surface area contributed by atoms with Gasteiger partial charge < -0.3 is 20.8 Å². The van der Waals surface area contributed by atoms with E-state index in [-0.39, 0.29) is 30.2 Å². The summed E-state index contributed by atoms with van der Waals surface area (Å²) in [6, 6.07) is 6.71. The maximum Gasteiger partial charge on any atom is 0.254 e. The summed E-state index contributed by atoms with van der Waals surface area (Å²) in [6.07, 6.45) is 2.65. The first-order valence-electron chi connectivity index (χ1n) is 7.58. The third-order valence-corrected chi connectivity index (χ3v) is 3.31. The minimum absolute atomic E-state index is 0.0508. The Morgan fingerprint density at radius 1 is 0.962 bits per heavy atom. The summed E-state index contributed by atoms with van der Waals surface area (Å²) in [6.45, 7) is 0.147. The lowest BCUT2D eigenvalue weighted by atomic mass is 10.2. The number of halogens is 2. The standard InChI is InChI=1S/C18H16F2N2O4/c19-12-3-4-13(14(20)10-12)18(26)22-8-7-21-17(25)6-2-11-1-5-15(23)16(24)9-11/h1-6,9-10,23-24H,7-8H2,(H,21,25)(H,22,26). The zero-order chi connectivity index (χ0) is 19.1. The molecule has 0 heterocycles. The molecule has 2 amide bonds. The van der Waals surface area contributed by atoms with Gasteiger partial charge in [-0.3, -0.25) is 9.59 Å². The Kier molecular flexibility index (Phi) is 6.26. The molecule has 6 nitrogen and oxygen atoms in total. The lowest BCUT2D eigenvalue weighted by Gasteiger charge is -2.06. The molecule has 0 aromatic heterocycles. The van der Waals surface area contributed by atoms with Crippen LogP contribution < -0.4 is 10.6 Å². The predicted molar refractivity (Wildman–Crippen MR) is 90.5 cm³/mol. The summed E-state index contributed by atoms with van der Waals surface area (Å²) in [5, 5.41) is 23.4. The molecule has 8 heteroatoms. The SMILES string of the molecule is O=C(C=Cc1ccc(O)c(O)c1)NCCNC(=O)c1ccc(F)cc1F. The molecule has 2 rings (SSSR count). The number of hydrogen-bond acceptors (Lipinski definition) is 4. The highest BCUT2D eigenvalue weighted by molar-refractivity contribution is 5.94. The Morgan fingerprint density at radius 3 is 2.38 bits per heavy atom. The summed E-state index contributed by atoms with van der Waals surface area (Å²) in [4.78, 5) is 23.4. The Hall–Kier alpha value is -3.42. The van der Waals surface area contributed by atoms with E-state index < -0.39 is 23.4 Å². The van der Waals surface area contributed by atoms with Gasteiger partial charge in [-0.2, -0.15) is 0 Å². The van der Waals surface area contributed by atoms with Crippen LogP contribution in [0.3, 0.4) is 0 Å². The van der Waals surface area contributed by atoms with Crippen LogP contribution in [0.5, 0.6) is 11.5 Å². The maximum atomic E-state index is 13.4. The molecule has 0 aliphatic heterocycles. The normalized spacial score (nSPS) is 10.7. The molecule has 0 fully saturated rings. The molecular formula is C18H16F2N2O4. The number of phenols is 2. The van der Waals surface area contributed by atoms with Crippen molar-refractivity contribution in [3.63, 3.8) is 0 Å². The van der Waals surface area contributed by atoms with E-state index in [1.165, 1.54) is 30.4 Å². The van der Waals surface area contributed by atoms with Gasteiger partial charge in [-0.25, -0.2) is 8.78 Å². The average molecular weight is 362 g/mol. The molecule has 0 spiro atoms. The van der Waals surface area contributed by atoms with Gasteiger partial charge >= 0.3 is 0 Å². The second-order valence-corrected chi connectivity index (χ2v) is 5.25. The minimum Gasteiger partial charge on any atom is -0.504 e. The molecule has 0 bridgehead atoms. The van der Waals surface area contributed by atoms with Crippen LogP contribution in [0.15, 0.2) is 42.5 Å². The molecule has 0 saturated heterocycles. The van der Waals surface area contributed by atoms with Gasteiger partial charge in [-0.05, 0) is 35.9 Å². The van der Waals surface area contributed by atoms with Crippen molar-refractivity contribution in [1.29, 1.82) is 0 Å². The molecular weight excluding hydrogens is 346 g/mol. The molecule has 0 aliphatic rings. The van der Waals surface area contributed by atoms with Crippen LogP contribution in [-0.4, -0.2) is 35.1 Å². The number of carbonyl (C=O) groups excluding carboxylic acids is 2. The second kappa shape index (κ2) is 8.61. The van der Waals surface area contributed by atoms with Crippen LogP contribution >= 0.6 is 0 Å². The van der Waals surface area contributed by atoms with Crippen molar-refractivity contribution in [2.45, 2.75) is 0 Å². The fourth-order valence-electron chi connectivity index (χ4n) is 2.01. The third-order valence-electron chi connectivity index (χ3n) is 3.31. The number of phenolic OH excluding ortho intramolecular Hbond substituents is 2. The summed E-state index contributed by atoms with van der Waals surface area (Å²) < 4.78 is 26.2. The number of amides is 2. The highest BCUT2D eigenvalue weighted by Gasteiger charge is 2.11. The van der Waals surface area contributed by atoms with Crippen LogP contribution in [0.25, 0.3) is 6.08 Å². The number of aromatic hydroxyl groups is 2. The average Bonchev–Trinajstić information content (AvgIpc) is 2.59. The maximum absolute atomic E-state index is 13.4. The van der Waals surface area contributed by atoms with E-state index in [0.717, 1.165) is 12.1 Å². The van der Waals surface area contributed by atoms with Gasteiger partial charge in [-0.15, -0.1) is 0 Å². The molecule has 0 saturated carbocycles. The first-order valence-corrected chi connectivity index (χ1v) is 7.58. The van der Waals surface area contributed by atoms with Crippen molar-refractivity contribution >= 4 is 17.9 Å². The number of hydrogen-bond donors (Lipinski definition) is 4. The van der Waals surface area contributed by atoms with Crippen LogP contribution in [0.2, 0.25) is 0 Å². The van der Waals surface area contributed by atoms with Crippen molar-refractivity contribution in [3.05, 3.63) is 65.2 Å². The van der Waals surface area contributed by atoms with E-state index in [0.29, 0.717) is 11.6 Å². The summed E-state index contributed by atoms with van der Waals surface area (Å²) in [7, 11) is 0. The van der Waals surface area contributed by atoms with Gasteiger partial charge in [0.1, 0.15) is 11.6 Å². The first-order chi connectivity index (χ1) is 12.4. The molecule has 2 aromatic carbocycles. The molecule has 0 atom stereocenters. The number of rotatable bonds is 6. The summed E-state index contributed by atoms with van der Waals surface area (Å²) >= 11 is 0. The quantitative estimate of drug-likeness (QED) is 0.359. The van der Waals surface area contributed by atoms with Gasteiger partial charge in [0.2, 0.25) is 5.91 Å². The minimum atomic E-state index is -0.966.